The monoisotopic (exact) mass is 205 g/mol. The summed E-state index contributed by atoms with van der Waals surface area (Å²) in [6.07, 6.45) is 1.73. The molecule has 0 amide bonds. The number of hydrogen-bond donors (Lipinski definition) is 1. The predicted molar refractivity (Wildman–Crippen MR) is 54.3 cm³/mol. The standard InChI is InChI=1S/C9H11N5O/c1-6(2)14-5-7(3-4-8(14)15)9-10-12-13-11-9/h3-6H,1-2H3,(H,10,11,12,13). The molecule has 0 atom stereocenters. The third-order valence-corrected chi connectivity index (χ3v) is 2.10. The van der Waals surface area contributed by atoms with Gasteiger partial charge in [-0.25, -0.2) is 0 Å². The Kier molecular flexibility index (Phi) is 2.32. The van der Waals surface area contributed by atoms with Crippen molar-refractivity contribution >= 4 is 0 Å². The van der Waals surface area contributed by atoms with Crippen LogP contribution in [0.2, 0.25) is 0 Å². The second kappa shape index (κ2) is 3.64. The van der Waals surface area contributed by atoms with Crippen LogP contribution in [0.25, 0.3) is 11.4 Å². The van der Waals surface area contributed by atoms with E-state index in [-0.39, 0.29) is 11.6 Å². The highest BCUT2D eigenvalue weighted by atomic mass is 16.1. The minimum absolute atomic E-state index is 0.0303. The highest BCUT2D eigenvalue weighted by Crippen LogP contribution is 2.12. The van der Waals surface area contributed by atoms with Crippen molar-refractivity contribution in [3.8, 4) is 11.4 Å². The molecule has 0 aliphatic carbocycles. The van der Waals surface area contributed by atoms with Gasteiger partial charge in [-0.1, -0.05) is 0 Å². The number of H-pyrrole nitrogens is 1. The number of aromatic amines is 1. The summed E-state index contributed by atoms with van der Waals surface area (Å²) in [7, 11) is 0. The second-order valence-corrected chi connectivity index (χ2v) is 3.49. The molecule has 1 N–H and O–H groups in total. The fourth-order valence-corrected chi connectivity index (χ4v) is 1.32. The van der Waals surface area contributed by atoms with Crippen molar-refractivity contribution in [2.45, 2.75) is 19.9 Å². The molecule has 6 nitrogen and oxygen atoms in total. The van der Waals surface area contributed by atoms with Gasteiger partial charge in [0.05, 0.1) is 0 Å². The quantitative estimate of drug-likeness (QED) is 0.779. The largest absolute Gasteiger partial charge is 0.312 e. The second-order valence-electron chi connectivity index (χ2n) is 3.49. The average Bonchev–Trinajstić information content (AvgIpc) is 2.71. The van der Waals surface area contributed by atoms with Crippen molar-refractivity contribution in [2.24, 2.45) is 0 Å². The van der Waals surface area contributed by atoms with Crippen LogP contribution in [0.15, 0.2) is 23.1 Å². The zero-order chi connectivity index (χ0) is 10.8. The van der Waals surface area contributed by atoms with Crippen LogP contribution in [0.4, 0.5) is 0 Å². The number of hydrogen-bond acceptors (Lipinski definition) is 4. The Balaban J connectivity index is 2.53. The van der Waals surface area contributed by atoms with Gasteiger partial charge in [-0.15, -0.1) is 10.2 Å². The minimum Gasteiger partial charge on any atom is -0.312 e. The molecule has 0 aliphatic rings. The summed E-state index contributed by atoms with van der Waals surface area (Å²) in [5.41, 5.74) is 0.745. The molecule has 0 unspecified atom stereocenters. The van der Waals surface area contributed by atoms with Crippen molar-refractivity contribution in [1.29, 1.82) is 0 Å². The molecule has 0 bridgehead atoms. The fourth-order valence-electron chi connectivity index (χ4n) is 1.32. The fraction of sp³-hybridized carbons (Fsp3) is 0.333. The molecule has 2 heterocycles. The first-order valence-electron chi connectivity index (χ1n) is 4.64. The molecule has 0 radical (unpaired) electrons. The maximum absolute atomic E-state index is 11.5. The smallest absolute Gasteiger partial charge is 0.250 e. The molecule has 2 aromatic rings. The number of pyridine rings is 1. The van der Waals surface area contributed by atoms with Gasteiger partial charge in [0, 0.05) is 23.9 Å². The summed E-state index contributed by atoms with van der Waals surface area (Å²) in [6, 6.07) is 3.31. The van der Waals surface area contributed by atoms with Crippen molar-refractivity contribution < 1.29 is 0 Å². The van der Waals surface area contributed by atoms with Gasteiger partial charge in [0.2, 0.25) is 5.82 Å². The van der Waals surface area contributed by atoms with Gasteiger partial charge >= 0.3 is 0 Å². The highest BCUT2D eigenvalue weighted by Gasteiger charge is 2.06. The molecule has 0 saturated heterocycles. The lowest BCUT2D eigenvalue weighted by Crippen LogP contribution is -2.20. The van der Waals surface area contributed by atoms with Crippen LogP contribution in [0.1, 0.15) is 19.9 Å². The van der Waals surface area contributed by atoms with Crippen molar-refractivity contribution in [1.82, 2.24) is 25.2 Å². The first-order chi connectivity index (χ1) is 7.18. The molecule has 78 valence electrons. The number of aromatic nitrogens is 5. The summed E-state index contributed by atoms with van der Waals surface area (Å²) >= 11 is 0. The zero-order valence-corrected chi connectivity index (χ0v) is 8.51. The molecule has 2 rings (SSSR count). The topological polar surface area (TPSA) is 76.5 Å². The first kappa shape index (κ1) is 9.57. The molecule has 15 heavy (non-hydrogen) atoms. The van der Waals surface area contributed by atoms with Crippen molar-refractivity contribution in [2.75, 3.05) is 0 Å². The maximum Gasteiger partial charge on any atom is 0.250 e. The summed E-state index contributed by atoms with van der Waals surface area (Å²) in [4.78, 5) is 11.5. The lowest BCUT2D eigenvalue weighted by atomic mass is 10.2. The maximum atomic E-state index is 11.5. The number of nitrogens with one attached hydrogen (secondary N) is 1. The van der Waals surface area contributed by atoms with E-state index in [1.54, 1.807) is 16.8 Å². The summed E-state index contributed by atoms with van der Waals surface area (Å²) in [5, 5.41) is 13.6. The van der Waals surface area contributed by atoms with Gasteiger partial charge in [-0.2, -0.15) is 5.21 Å². The van der Waals surface area contributed by atoms with Crippen LogP contribution in [0, 0.1) is 0 Å². The molecule has 0 aromatic carbocycles. The molecule has 0 saturated carbocycles. The van der Waals surface area contributed by atoms with E-state index in [2.05, 4.69) is 20.6 Å². The van der Waals surface area contributed by atoms with Crippen LogP contribution in [0.3, 0.4) is 0 Å². The first-order valence-corrected chi connectivity index (χ1v) is 4.64. The van der Waals surface area contributed by atoms with Crippen molar-refractivity contribution in [3.05, 3.63) is 28.7 Å². The Bertz CT molecular complexity index is 499. The van der Waals surface area contributed by atoms with E-state index >= 15 is 0 Å². The van der Waals surface area contributed by atoms with E-state index in [0.717, 1.165) is 5.56 Å². The van der Waals surface area contributed by atoms with E-state index in [4.69, 9.17) is 0 Å². The van der Waals surface area contributed by atoms with E-state index in [1.165, 1.54) is 6.07 Å². The molecular weight excluding hydrogens is 194 g/mol. The molecule has 0 spiro atoms. The lowest BCUT2D eigenvalue weighted by Gasteiger charge is -2.09. The van der Waals surface area contributed by atoms with Gasteiger partial charge in [0.25, 0.3) is 5.56 Å². The summed E-state index contributed by atoms with van der Waals surface area (Å²) in [6.45, 7) is 3.89. The third-order valence-electron chi connectivity index (χ3n) is 2.10. The predicted octanol–water partition coefficient (Wildman–Crippen LogP) is 0.609. The van der Waals surface area contributed by atoms with Crippen LogP contribution < -0.4 is 5.56 Å². The van der Waals surface area contributed by atoms with Crippen LogP contribution in [-0.4, -0.2) is 25.2 Å². The minimum atomic E-state index is -0.0303. The van der Waals surface area contributed by atoms with Gasteiger partial charge in [-0.3, -0.25) is 4.79 Å². The molecule has 2 aromatic heterocycles. The normalized spacial score (nSPS) is 10.9. The van der Waals surface area contributed by atoms with E-state index in [0.29, 0.717) is 5.82 Å². The van der Waals surface area contributed by atoms with E-state index < -0.39 is 0 Å². The van der Waals surface area contributed by atoms with E-state index in [1.807, 2.05) is 13.8 Å². The Morgan fingerprint density at radius 1 is 1.40 bits per heavy atom. The molecule has 0 fully saturated rings. The Morgan fingerprint density at radius 3 is 2.80 bits per heavy atom. The van der Waals surface area contributed by atoms with Gasteiger partial charge in [0.1, 0.15) is 0 Å². The Hall–Kier alpha value is -1.98. The van der Waals surface area contributed by atoms with Crippen LogP contribution >= 0.6 is 0 Å². The number of rotatable bonds is 2. The number of nitrogens with zero attached hydrogens (tertiary/aromatic N) is 4. The molecule has 0 aliphatic heterocycles. The molecular formula is C9H11N5O. The van der Waals surface area contributed by atoms with Gasteiger partial charge < -0.3 is 4.57 Å². The van der Waals surface area contributed by atoms with Gasteiger partial charge in [0.15, 0.2) is 0 Å². The average molecular weight is 205 g/mol. The lowest BCUT2D eigenvalue weighted by molar-refractivity contribution is 0.579. The highest BCUT2D eigenvalue weighted by molar-refractivity contribution is 5.51. The van der Waals surface area contributed by atoms with Crippen LogP contribution in [0.5, 0.6) is 0 Å². The van der Waals surface area contributed by atoms with E-state index in [9.17, 15) is 4.79 Å². The van der Waals surface area contributed by atoms with Gasteiger partial charge in [-0.05, 0) is 25.1 Å². The number of tetrazole rings is 1. The van der Waals surface area contributed by atoms with Crippen molar-refractivity contribution in [3.63, 3.8) is 0 Å². The summed E-state index contributed by atoms with van der Waals surface area (Å²) in [5.74, 6) is 0.490. The molecule has 6 heteroatoms. The summed E-state index contributed by atoms with van der Waals surface area (Å²) < 4.78 is 1.63. The SMILES string of the molecule is CC(C)n1cc(-c2nn[nH]n2)ccc1=O. The zero-order valence-electron chi connectivity index (χ0n) is 8.51. The third kappa shape index (κ3) is 1.78. The van der Waals surface area contributed by atoms with Crippen LogP contribution in [-0.2, 0) is 0 Å². The Labute approximate surface area is 85.9 Å². The Morgan fingerprint density at radius 2 is 2.20 bits per heavy atom.